The topological polar surface area (TPSA) is 46.3 Å². The molecule has 3 nitrogen and oxygen atoms in total. The number of nitrogens with zero attached hydrogens (tertiary/aromatic N) is 1. The maximum absolute atomic E-state index is 13.5. The van der Waals surface area contributed by atoms with Gasteiger partial charge in [-0.25, -0.2) is 4.39 Å². The van der Waals surface area contributed by atoms with Gasteiger partial charge in [0.1, 0.15) is 5.82 Å². The standard InChI is InChI=1S/C12H13BrClFN2O/c13-9-5-10(14)8(4-11(9)15)12(18)17-3-1-2-7(16)6-17/h4-5,7H,1-3,6,16H2/t7-/m0/s1. The minimum atomic E-state index is -0.496. The first-order valence-corrected chi connectivity index (χ1v) is 6.85. The first-order valence-electron chi connectivity index (χ1n) is 5.68. The molecule has 2 N–H and O–H groups in total. The molecule has 1 aliphatic rings. The predicted octanol–water partition coefficient (Wildman–Crippen LogP) is 2.80. The van der Waals surface area contributed by atoms with E-state index in [0.29, 0.717) is 13.1 Å². The van der Waals surface area contributed by atoms with E-state index in [2.05, 4.69) is 15.9 Å². The Bertz CT molecular complexity index is 483. The van der Waals surface area contributed by atoms with Gasteiger partial charge in [-0.15, -0.1) is 0 Å². The highest BCUT2D eigenvalue weighted by atomic mass is 79.9. The van der Waals surface area contributed by atoms with Crippen LogP contribution < -0.4 is 5.73 Å². The number of likely N-dealkylation sites (tertiary alicyclic amines) is 1. The number of hydrogen-bond donors (Lipinski definition) is 1. The third-order valence-electron chi connectivity index (χ3n) is 2.99. The zero-order valence-electron chi connectivity index (χ0n) is 9.63. The van der Waals surface area contributed by atoms with Crippen LogP contribution in [0.15, 0.2) is 16.6 Å². The van der Waals surface area contributed by atoms with Crippen LogP contribution in [0.4, 0.5) is 4.39 Å². The molecule has 1 amide bonds. The van der Waals surface area contributed by atoms with Crippen LogP contribution in [0.25, 0.3) is 0 Å². The summed E-state index contributed by atoms with van der Waals surface area (Å²) >= 11 is 9.01. The highest BCUT2D eigenvalue weighted by Crippen LogP contribution is 2.26. The molecule has 0 aliphatic carbocycles. The van der Waals surface area contributed by atoms with Gasteiger partial charge in [-0.2, -0.15) is 0 Å². The molecule has 0 aromatic heterocycles. The Labute approximate surface area is 118 Å². The number of halogens is 3. The van der Waals surface area contributed by atoms with Crippen molar-refractivity contribution in [3.8, 4) is 0 Å². The molecule has 0 bridgehead atoms. The van der Waals surface area contributed by atoms with E-state index >= 15 is 0 Å². The number of amides is 1. The van der Waals surface area contributed by atoms with E-state index in [-0.39, 0.29) is 27.0 Å². The zero-order chi connectivity index (χ0) is 13.3. The highest BCUT2D eigenvalue weighted by Gasteiger charge is 2.24. The molecule has 98 valence electrons. The average molecular weight is 336 g/mol. The lowest BCUT2D eigenvalue weighted by molar-refractivity contribution is 0.0708. The highest BCUT2D eigenvalue weighted by molar-refractivity contribution is 9.10. The van der Waals surface area contributed by atoms with Gasteiger partial charge < -0.3 is 10.6 Å². The quantitative estimate of drug-likeness (QED) is 0.802. The minimum absolute atomic E-state index is 0.0122. The monoisotopic (exact) mass is 334 g/mol. The van der Waals surface area contributed by atoms with Gasteiger partial charge in [-0.05, 0) is 40.9 Å². The number of nitrogens with two attached hydrogens (primary N) is 1. The normalized spacial score (nSPS) is 20.0. The maximum atomic E-state index is 13.5. The SMILES string of the molecule is N[C@H]1CCCN(C(=O)c2cc(F)c(Br)cc2Cl)C1. The molecule has 1 atom stereocenters. The van der Waals surface area contributed by atoms with E-state index in [9.17, 15) is 9.18 Å². The van der Waals surface area contributed by atoms with Gasteiger partial charge in [0.25, 0.3) is 5.91 Å². The summed E-state index contributed by atoms with van der Waals surface area (Å²) in [5.41, 5.74) is 6.01. The third-order valence-corrected chi connectivity index (χ3v) is 3.91. The molecule has 0 unspecified atom stereocenters. The molecule has 6 heteroatoms. The second-order valence-corrected chi connectivity index (χ2v) is 5.66. The van der Waals surface area contributed by atoms with Gasteiger partial charge >= 0.3 is 0 Å². The molecule has 0 spiro atoms. The number of piperidine rings is 1. The van der Waals surface area contributed by atoms with Crippen LogP contribution in [0.1, 0.15) is 23.2 Å². The van der Waals surface area contributed by atoms with Crippen molar-refractivity contribution >= 4 is 33.4 Å². The van der Waals surface area contributed by atoms with Gasteiger partial charge in [0.2, 0.25) is 0 Å². The lowest BCUT2D eigenvalue weighted by Gasteiger charge is -2.31. The summed E-state index contributed by atoms with van der Waals surface area (Å²) in [4.78, 5) is 13.9. The van der Waals surface area contributed by atoms with Gasteiger partial charge in [-0.1, -0.05) is 11.6 Å². The number of hydrogen-bond acceptors (Lipinski definition) is 2. The fraction of sp³-hybridized carbons (Fsp3) is 0.417. The second kappa shape index (κ2) is 5.55. The Balaban J connectivity index is 2.25. The summed E-state index contributed by atoms with van der Waals surface area (Å²) in [6.07, 6.45) is 1.77. The zero-order valence-corrected chi connectivity index (χ0v) is 12.0. The first-order chi connectivity index (χ1) is 8.49. The van der Waals surface area contributed by atoms with Crippen molar-refractivity contribution in [2.45, 2.75) is 18.9 Å². The Morgan fingerprint density at radius 1 is 1.56 bits per heavy atom. The van der Waals surface area contributed by atoms with Crippen LogP contribution in [0.3, 0.4) is 0 Å². The predicted molar refractivity (Wildman–Crippen MR) is 72.2 cm³/mol. The smallest absolute Gasteiger partial charge is 0.255 e. The molecular weight excluding hydrogens is 323 g/mol. The van der Waals surface area contributed by atoms with E-state index in [0.717, 1.165) is 18.9 Å². The van der Waals surface area contributed by atoms with Crippen LogP contribution in [0, 0.1) is 5.82 Å². The van der Waals surface area contributed by atoms with Crippen molar-refractivity contribution in [1.29, 1.82) is 0 Å². The third kappa shape index (κ3) is 2.84. The van der Waals surface area contributed by atoms with Gasteiger partial charge in [-0.3, -0.25) is 4.79 Å². The molecular formula is C12H13BrClFN2O. The molecule has 18 heavy (non-hydrogen) atoms. The largest absolute Gasteiger partial charge is 0.337 e. The molecule has 1 aromatic rings. The molecule has 2 rings (SSSR count). The Morgan fingerprint density at radius 3 is 2.94 bits per heavy atom. The number of carbonyl (C=O) groups is 1. The van der Waals surface area contributed by atoms with Gasteiger partial charge in [0.05, 0.1) is 15.1 Å². The number of benzene rings is 1. The van der Waals surface area contributed by atoms with Crippen molar-refractivity contribution in [3.05, 3.63) is 33.0 Å². The fourth-order valence-electron chi connectivity index (χ4n) is 2.05. The lowest BCUT2D eigenvalue weighted by Crippen LogP contribution is -2.45. The Morgan fingerprint density at radius 2 is 2.28 bits per heavy atom. The van der Waals surface area contributed by atoms with Crippen molar-refractivity contribution in [3.63, 3.8) is 0 Å². The number of rotatable bonds is 1. The van der Waals surface area contributed by atoms with Crippen LogP contribution in [0.2, 0.25) is 5.02 Å². The summed E-state index contributed by atoms with van der Waals surface area (Å²) in [5.74, 6) is -0.759. The van der Waals surface area contributed by atoms with Crippen LogP contribution >= 0.6 is 27.5 Å². The van der Waals surface area contributed by atoms with Crippen molar-refractivity contribution in [1.82, 2.24) is 4.90 Å². The van der Waals surface area contributed by atoms with E-state index in [1.165, 1.54) is 6.07 Å². The van der Waals surface area contributed by atoms with Crippen LogP contribution in [0.5, 0.6) is 0 Å². The molecule has 1 heterocycles. The maximum Gasteiger partial charge on any atom is 0.255 e. The average Bonchev–Trinajstić information content (AvgIpc) is 2.33. The van der Waals surface area contributed by atoms with Crippen molar-refractivity contribution in [2.24, 2.45) is 5.73 Å². The molecule has 0 saturated carbocycles. The summed E-state index contributed by atoms with van der Waals surface area (Å²) in [6.45, 7) is 1.13. The van der Waals surface area contributed by atoms with Crippen molar-refractivity contribution in [2.75, 3.05) is 13.1 Å². The second-order valence-electron chi connectivity index (χ2n) is 4.40. The molecule has 0 radical (unpaired) electrons. The summed E-state index contributed by atoms with van der Waals surface area (Å²) in [7, 11) is 0. The first kappa shape index (κ1) is 13.8. The lowest BCUT2D eigenvalue weighted by atomic mass is 10.1. The van der Waals surface area contributed by atoms with E-state index in [4.69, 9.17) is 17.3 Å². The number of carbonyl (C=O) groups excluding carboxylic acids is 1. The molecule has 1 aromatic carbocycles. The Kier molecular flexibility index (Phi) is 4.25. The summed E-state index contributed by atoms with van der Waals surface area (Å²) in [6, 6.07) is 2.55. The molecule has 1 aliphatic heterocycles. The fourth-order valence-corrected chi connectivity index (χ4v) is 2.77. The van der Waals surface area contributed by atoms with Crippen LogP contribution in [-0.4, -0.2) is 29.9 Å². The molecule has 1 fully saturated rings. The summed E-state index contributed by atoms with van der Waals surface area (Å²) < 4.78 is 13.7. The van der Waals surface area contributed by atoms with E-state index in [1.54, 1.807) is 4.90 Å². The van der Waals surface area contributed by atoms with Gasteiger partial charge in [0.15, 0.2) is 0 Å². The van der Waals surface area contributed by atoms with E-state index < -0.39 is 5.82 Å². The van der Waals surface area contributed by atoms with E-state index in [1.807, 2.05) is 0 Å². The van der Waals surface area contributed by atoms with Crippen LogP contribution in [-0.2, 0) is 0 Å². The van der Waals surface area contributed by atoms with Crippen molar-refractivity contribution < 1.29 is 9.18 Å². The summed E-state index contributed by atoms with van der Waals surface area (Å²) in [5, 5.41) is 0.243. The molecule has 1 saturated heterocycles. The Hall–Kier alpha value is -0.650. The minimum Gasteiger partial charge on any atom is -0.337 e. The van der Waals surface area contributed by atoms with Gasteiger partial charge in [0, 0.05) is 19.1 Å².